The van der Waals surface area contributed by atoms with Crippen LogP contribution < -0.4 is 20.1 Å². The summed E-state index contributed by atoms with van der Waals surface area (Å²) in [4.78, 5) is 22.3. The molecule has 0 radical (unpaired) electrons. The number of nitrogens with zero attached hydrogens (tertiary/aromatic N) is 3. The molecule has 2 heterocycles. The molecular weight excluding hydrogens is 284 g/mol. The van der Waals surface area contributed by atoms with Gasteiger partial charge < -0.3 is 20.1 Å². The lowest BCUT2D eigenvalue weighted by Crippen LogP contribution is -2.35. The lowest BCUT2D eigenvalue weighted by Gasteiger charge is -2.26. The van der Waals surface area contributed by atoms with Crippen molar-refractivity contribution >= 4 is 28.5 Å². The molecule has 1 aromatic heterocycles. The first-order chi connectivity index (χ1) is 10.6. The molecule has 0 aliphatic carbocycles. The first-order valence-corrected chi connectivity index (χ1v) is 7.08. The number of nitrogen functional groups attached to an aromatic ring is 1. The van der Waals surface area contributed by atoms with E-state index in [4.69, 9.17) is 15.2 Å². The van der Waals surface area contributed by atoms with E-state index < -0.39 is 0 Å². The van der Waals surface area contributed by atoms with Crippen LogP contribution in [0.2, 0.25) is 0 Å². The van der Waals surface area contributed by atoms with Crippen LogP contribution in [0, 0.1) is 0 Å². The summed E-state index contributed by atoms with van der Waals surface area (Å²) in [5, 5.41) is 0.717. The predicted octanol–water partition coefficient (Wildman–Crippen LogP) is 1.40. The summed E-state index contributed by atoms with van der Waals surface area (Å²) in [6, 6.07) is 3.55. The second-order valence-electron chi connectivity index (χ2n) is 5.16. The summed E-state index contributed by atoms with van der Waals surface area (Å²) < 4.78 is 10.6. The zero-order chi connectivity index (χ0) is 15.7. The third-order valence-electron chi connectivity index (χ3n) is 3.82. The van der Waals surface area contributed by atoms with Gasteiger partial charge in [-0.25, -0.2) is 4.98 Å². The van der Waals surface area contributed by atoms with E-state index in [9.17, 15) is 4.79 Å². The van der Waals surface area contributed by atoms with Crippen molar-refractivity contribution in [2.24, 2.45) is 0 Å². The minimum absolute atomic E-state index is 0.274. The number of aromatic nitrogens is 2. The number of anilines is 2. The third kappa shape index (κ3) is 2.49. The van der Waals surface area contributed by atoms with Gasteiger partial charge in [0.1, 0.15) is 11.6 Å². The molecule has 116 valence electrons. The average molecular weight is 302 g/mol. The fourth-order valence-corrected chi connectivity index (χ4v) is 2.56. The van der Waals surface area contributed by atoms with Crippen molar-refractivity contribution in [1.82, 2.24) is 9.97 Å². The van der Waals surface area contributed by atoms with E-state index in [1.165, 1.54) is 0 Å². The Morgan fingerprint density at radius 2 is 1.73 bits per heavy atom. The van der Waals surface area contributed by atoms with Gasteiger partial charge in [0.05, 0.1) is 19.7 Å². The van der Waals surface area contributed by atoms with Crippen LogP contribution in [0.4, 0.5) is 11.8 Å². The molecule has 22 heavy (non-hydrogen) atoms. The molecule has 1 fully saturated rings. The summed E-state index contributed by atoms with van der Waals surface area (Å²) in [5.74, 6) is 2.38. The zero-order valence-electron chi connectivity index (χ0n) is 12.6. The van der Waals surface area contributed by atoms with Crippen LogP contribution in [0.5, 0.6) is 11.5 Å². The molecular formula is C15H18N4O3. The number of benzene rings is 1. The Hall–Kier alpha value is -2.57. The molecule has 1 aliphatic heterocycles. The third-order valence-corrected chi connectivity index (χ3v) is 3.82. The SMILES string of the molecule is COc1cc2nc(N3CCC(=O)CC3)nc(N)c2cc1OC. The second-order valence-corrected chi connectivity index (χ2v) is 5.16. The van der Waals surface area contributed by atoms with Crippen LogP contribution in [-0.4, -0.2) is 43.1 Å². The Kier molecular flexibility index (Phi) is 3.70. The highest BCUT2D eigenvalue weighted by atomic mass is 16.5. The molecule has 2 aromatic rings. The first kappa shape index (κ1) is 14.4. The highest BCUT2D eigenvalue weighted by molar-refractivity contribution is 5.92. The summed E-state index contributed by atoms with van der Waals surface area (Å²) in [7, 11) is 3.14. The number of ether oxygens (including phenoxy) is 2. The molecule has 7 heteroatoms. The van der Waals surface area contributed by atoms with Crippen LogP contribution in [-0.2, 0) is 4.79 Å². The van der Waals surface area contributed by atoms with Gasteiger partial charge in [0, 0.05) is 37.4 Å². The van der Waals surface area contributed by atoms with E-state index in [0.717, 1.165) is 5.39 Å². The molecule has 1 aromatic carbocycles. The molecule has 0 atom stereocenters. The summed E-state index contributed by atoms with van der Waals surface area (Å²) >= 11 is 0. The van der Waals surface area contributed by atoms with Gasteiger partial charge in [-0.2, -0.15) is 4.98 Å². The van der Waals surface area contributed by atoms with Crippen molar-refractivity contribution < 1.29 is 14.3 Å². The van der Waals surface area contributed by atoms with Crippen molar-refractivity contribution in [3.05, 3.63) is 12.1 Å². The number of carbonyl (C=O) groups excluding carboxylic acids is 1. The van der Waals surface area contributed by atoms with Crippen LogP contribution in [0.15, 0.2) is 12.1 Å². The molecule has 0 unspecified atom stereocenters. The van der Waals surface area contributed by atoms with Crippen molar-refractivity contribution in [1.29, 1.82) is 0 Å². The fraction of sp³-hybridized carbons (Fsp3) is 0.400. The number of rotatable bonds is 3. The zero-order valence-corrected chi connectivity index (χ0v) is 12.6. The van der Waals surface area contributed by atoms with Gasteiger partial charge in [0.15, 0.2) is 11.5 Å². The topological polar surface area (TPSA) is 90.6 Å². The van der Waals surface area contributed by atoms with Crippen LogP contribution >= 0.6 is 0 Å². The number of ketones is 1. The minimum Gasteiger partial charge on any atom is -0.493 e. The Balaban J connectivity index is 2.05. The van der Waals surface area contributed by atoms with Gasteiger partial charge in [-0.05, 0) is 6.07 Å². The van der Waals surface area contributed by atoms with E-state index in [1.807, 2.05) is 4.90 Å². The monoisotopic (exact) mass is 302 g/mol. The molecule has 0 bridgehead atoms. The standard InChI is InChI=1S/C15H18N4O3/c1-21-12-7-10-11(8-13(12)22-2)17-15(18-14(10)16)19-5-3-9(20)4-6-19/h7-8H,3-6H2,1-2H3,(H2,16,17,18). The summed E-state index contributed by atoms with van der Waals surface area (Å²) in [5.41, 5.74) is 6.76. The average Bonchev–Trinajstić information content (AvgIpc) is 2.54. The number of fused-ring (bicyclic) bond motifs is 1. The minimum atomic E-state index is 0.274. The molecule has 2 N–H and O–H groups in total. The van der Waals surface area contributed by atoms with Gasteiger partial charge in [-0.3, -0.25) is 4.79 Å². The van der Waals surface area contributed by atoms with E-state index in [2.05, 4.69) is 9.97 Å². The molecule has 0 saturated carbocycles. The van der Waals surface area contributed by atoms with Crippen molar-refractivity contribution in [2.75, 3.05) is 37.9 Å². The maximum absolute atomic E-state index is 11.4. The maximum atomic E-state index is 11.4. The number of carbonyl (C=O) groups is 1. The Morgan fingerprint density at radius 1 is 1.09 bits per heavy atom. The Morgan fingerprint density at radius 3 is 2.36 bits per heavy atom. The van der Waals surface area contributed by atoms with Gasteiger partial charge in [-0.1, -0.05) is 0 Å². The number of nitrogens with two attached hydrogens (primary N) is 1. The maximum Gasteiger partial charge on any atom is 0.227 e. The van der Waals surface area contributed by atoms with Crippen LogP contribution in [0.1, 0.15) is 12.8 Å². The van der Waals surface area contributed by atoms with E-state index >= 15 is 0 Å². The smallest absolute Gasteiger partial charge is 0.227 e. The van der Waals surface area contributed by atoms with Crippen molar-refractivity contribution in [3.63, 3.8) is 0 Å². The predicted molar refractivity (Wildman–Crippen MR) is 83.5 cm³/mol. The van der Waals surface area contributed by atoms with Gasteiger partial charge in [0.2, 0.25) is 5.95 Å². The largest absolute Gasteiger partial charge is 0.493 e. The highest BCUT2D eigenvalue weighted by Crippen LogP contribution is 2.34. The van der Waals surface area contributed by atoms with Crippen LogP contribution in [0.3, 0.4) is 0 Å². The quantitative estimate of drug-likeness (QED) is 0.916. The summed E-state index contributed by atoms with van der Waals surface area (Å²) in [6.45, 7) is 1.24. The molecule has 1 aliphatic rings. The number of hydrogen-bond acceptors (Lipinski definition) is 7. The molecule has 7 nitrogen and oxygen atoms in total. The van der Waals surface area contributed by atoms with E-state index in [-0.39, 0.29) is 5.78 Å². The fourth-order valence-electron chi connectivity index (χ4n) is 2.56. The molecule has 3 rings (SSSR count). The highest BCUT2D eigenvalue weighted by Gasteiger charge is 2.20. The van der Waals surface area contributed by atoms with Gasteiger partial charge in [-0.15, -0.1) is 0 Å². The molecule has 0 amide bonds. The number of piperidine rings is 1. The van der Waals surface area contributed by atoms with E-state index in [0.29, 0.717) is 54.7 Å². The first-order valence-electron chi connectivity index (χ1n) is 7.08. The lowest BCUT2D eigenvalue weighted by atomic mass is 10.1. The van der Waals surface area contributed by atoms with Crippen molar-refractivity contribution in [2.45, 2.75) is 12.8 Å². The number of Topliss-reactive ketones (excluding diaryl/α,β-unsaturated/α-hetero) is 1. The van der Waals surface area contributed by atoms with Crippen LogP contribution in [0.25, 0.3) is 10.9 Å². The Bertz CT molecular complexity index is 722. The van der Waals surface area contributed by atoms with Gasteiger partial charge in [0.25, 0.3) is 0 Å². The number of hydrogen-bond donors (Lipinski definition) is 1. The van der Waals surface area contributed by atoms with Gasteiger partial charge >= 0.3 is 0 Å². The molecule has 1 saturated heterocycles. The van der Waals surface area contributed by atoms with E-state index in [1.54, 1.807) is 26.4 Å². The second kappa shape index (κ2) is 5.67. The normalized spacial score (nSPS) is 15.2. The molecule has 0 spiro atoms. The lowest BCUT2D eigenvalue weighted by molar-refractivity contribution is -0.119. The number of methoxy groups -OCH3 is 2. The summed E-state index contributed by atoms with van der Waals surface area (Å²) in [6.07, 6.45) is 1.04. The van der Waals surface area contributed by atoms with Crippen molar-refractivity contribution in [3.8, 4) is 11.5 Å². The Labute approximate surface area is 128 Å².